The minimum Gasteiger partial charge on any atom is -0.394 e. The number of aliphatic hydroxyl groups is 7. The molecule has 256 valence electrons. The van der Waals surface area contributed by atoms with E-state index in [0.717, 1.165) is 13.0 Å². The second kappa shape index (κ2) is 22.9. The Morgan fingerprint density at radius 1 is 0.488 bits per heavy atom. The zero-order chi connectivity index (χ0) is 31.5. The number of unbranched alkanes of at least 4 members (excludes halogenated alkanes) is 8. The zero-order valence-electron chi connectivity index (χ0n) is 25.5. The molecule has 2 fully saturated rings. The fraction of sp³-hybridized carbons (Fsp3) is 1.00. The van der Waals surface area contributed by atoms with Crippen LogP contribution in [-0.4, -0.2) is 157 Å². The first-order valence-corrected chi connectivity index (χ1v) is 15.8. The molecule has 2 saturated heterocycles. The summed E-state index contributed by atoms with van der Waals surface area (Å²) in [7, 11) is 0. The maximum atomic E-state index is 10.6. The van der Waals surface area contributed by atoms with Crippen molar-refractivity contribution < 1.29 is 68.9 Å². The molecule has 2 heterocycles. The Labute approximate surface area is 254 Å². The number of rotatable bonds is 24. The molecule has 0 amide bonds. The van der Waals surface area contributed by atoms with Gasteiger partial charge in [-0.3, -0.25) is 0 Å². The molecule has 0 unspecified atom stereocenters. The lowest BCUT2D eigenvalue weighted by Crippen LogP contribution is -2.64. The van der Waals surface area contributed by atoms with Crippen LogP contribution >= 0.6 is 0 Å². The topological polar surface area (TPSA) is 206 Å². The van der Waals surface area contributed by atoms with Crippen LogP contribution < -0.4 is 0 Å². The van der Waals surface area contributed by atoms with Crippen LogP contribution in [-0.2, 0) is 33.2 Å². The van der Waals surface area contributed by atoms with Crippen molar-refractivity contribution in [2.45, 2.75) is 126 Å². The van der Waals surface area contributed by atoms with Crippen molar-refractivity contribution in [2.24, 2.45) is 0 Å². The molecule has 0 radical (unpaired) electrons. The molecule has 2 rings (SSSR count). The third-order valence-electron chi connectivity index (χ3n) is 7.61. The number of aliphatic hydroxyl groups excluding tert-OH is 7. The van der Waals surface area contributed by atoms with Gasteiger partial charge in [0, 0.05) is 6.61 Å². The highest BCUT2D eigenvalue weighted by Gasteiger charge is 2.50. The van der Waals surface area contributed by atoms with Gasteiger partial charge in [0.15, 0.2) is 12.6 Å². The van der Waals surface area contributed by atoms with Gasteiger partial charge in [0.05, 0.1) is 52.9 Å². The third kappa shape index (κ3) is 13.8. The highest BCUT2D eigenvalue weighted by atomic mass is 16.7. The quantitative estimate of drug-likeness (QED) is 0.0654. The predicted molar refractivity (Wildman–Crippen MR) is 152 cm³/mol. The van der Waals surface area contributed by atoms with E-state index in [1.54, 1.807) is 0 Å². The fourth-order valence-corrected chi connectivity index (χ4v) is 4.97. The second-order valence-electron chi connectivity index (χ2n) is 11.0. The predicted octanol–water partition coefficient (Wildman–Crippen LogP) is -0.792. The van der Waals surface area contributed by atoms with Crippen LogP contribution in [0.1, 0.15) is 64.7 Å². The molecule has 2 aliphatic rings. The van der Waals surface area contributed by atoms with Crippen LogP contribution in [0.5, 0.6) is 0 Å². The van der Waals surface area contributed by atoms with Crippen LogP contribution in [0.4, 0.5) is 0 Å². The maximum absolute atomic E-state index is 10.6. The molecule has 10 atom stereocenters. The van der Waals surface area contributed by atoms with Gasteiger partial charge in [-0.1, -0.05) is 58.3 Å². The van der Waals surface area contributed by atoms with Gasteiger partial charge in [0.1, 0.15) is 48.8 Å². The maximum Gasteiger partial charge on any atom is 0.187 e. The highest BCUT2D eigenvalue weighted by Crippen LogP contribution is 2.29. The summed E-state index contributed by atoms with van der Waals surface area (Å²) >= 11 is 0. The van der Waals surface area contributed by atoms with Crippen molar-refractivity contribution in [1.82, 2.24) is 0 Å². The first-order chi connectivity index (χ1) is 20.8. The molecular formula is C29H56O14. The molecule has 0 aromatic carbocycles. The van der Waals surface area contributed by atoms with Gasteiger partial charge >= 0.3 is 0 Å². The van der Waals surface area contributed by atoms with E-state index in [1.165, 1.54) is 51.4 Å². The molecule has 7 N–H and O–H groups in total. The minimum absolute atomic E-state index is 0.0205. The monoisotopic (exact) mass is 628 g/mol. The summed E-state index contributed by atoms with van der Waals surface area (Å²) in [6, 6.07) is 0. The van der Waals surface area contributed by atoms with Crippen molar-refractivity contribution in [1.29, 1.82) is 0 Å². The molecule has 14 nitrogen and oxygen atoms in total. The molecule has 0 aliphatic carbocycles. The Morgan fingerprint density at radius 2 is 0.977 bits per heavy atom. The summed E-state index contributed by atoms with van der Waals surface area (Å²) in [6.07, 6.45) is -3.41. The first-order valence-electron chi connectivity index (χ1n) is 15.8. The van der Waals surface area contributed by atoms with Gasteiger partial charge in [-0.15, -0.1) is 0 Å². The van der Waals surface area contributed by atoms with E-state index in [4.69, 9.17) is 33.2 Å². The van der Waals surface area contributed by atoms with Crippen LogP contribution in [0.3, 0.4) is 0 Å². The Morgan fingerprint density at radius 3 is 1.56 bits per heavy atom. The van der Waals surface area contributed by atoms with E-state index >= 15 is 0 Å². The number of hydrogen-bond acceptors (Lipinski definition) is 14. The van der Waals surface area contributed by atoms with E-state index in [1.807, 2.05) is 0 Å². The van der Waals surface area contributed by atoms with Gasteiger partial charge in [-0.05, 0) is 6.42 Å². The molecule has 0 saturated carbocycles. The summed E-state index contributed by atoms with van der Waals surface area (Å²) in [5, 5.41) is 70.3. The molecule has 43 heavy (non-hydrogen) atoms. The summed E-state index contributed by atoms with van der Waals surface area (Å²) < 4.78 is 38.4. The second-order valence-corrected chi connectivity index (χ2v) is 11.0. The smallest absolute Gasteiger partial charge is 0.187 e. The molecule has 0 aromatic heterocycles. The van der Waals surface area contributed by atoms with Crippen LogP contribution in [0, 0.1) is 0 Å². The Hall–Kier alpha value is -0.560. The van der Waals surface area contributed by atoms with E-state index in [2.05, 4.69) is 6.92 Å². The van der Waals surface area contributed by atoms with E-state index in [9.17, 15) is 35.7 Å². The summed E-state index contributed by atoms with van der Waals surface area (Å²) in [4.78, 5) is 0. The van der Waals surface area contributed by atoms with Crippen LogP contribution in [0.25, 0.3) is 0 Å². The van der Waals surface area contributed by atoms with Crippen LogP contribution in [0.2, 0.25) is 0 Å². The van der Waals surface area contributed by atoms with Crippen molar-refractivity contribution in [3.63, 3.8) is 0 Å². The molecule has 14 heteroatoms. The van der Waals surface area contributed by atoms with Gasteiger partial charge in [-0.25, -0.2) is 0 Å². The molecule has 2 aliphatic heterocycles. The average molecular weight is 629 g/mol. The lowest BCUT2D eigenvalue weighted by Gasteiger charge is -2.45. The van der Waals surface area contributed by atoms with E-state index in [0.29, 0.717) is 26.4 Å². The van der Waals surface area contributed by atoms with Gasteiger partial charge in [-0.2, -0.15) is 0 Å². The standard InChI is InChI=1S/C29H56O14/c1-2-3-4-5-6-7-8-9-10-11-37-12-13-38-14-15-39-16-17-40-28-26(36)24(34)27(21(19-31)42-28)43-29-25(35)23(33)22(32)20(18-30)41-29/h20-36H,2-19H2,1H3/t20-,21-,22+,23+,24-,25-,26-,27-,28-,29+/m1/s1. The van der Waals surface area contributed by atoms with E-state index in [-0.39, 0.29) is 13.2 Å². The normalized spacial score (nSPS) is 33.2. The summed E-state index contributed by atoms with van der Waals surface area (Å²) in [5.41, 5.74) is 0. The van der Waals surface area contributed by atoms with Crippen LogP contribution in [0.15, 0.2) is 0 Å². The number of hydrogen-bond donors (Lipinski definition) is 7. The van der Waals surface area contributed by atoms with Crippen molar-refractivity contribution in [2.75, 3.05) is 59.5 Å². The number of ether oxygens (including phenoxy) is 7. The molecular weight excluding hydrogens is 572 g/mol. The lowest BCUT2D eigenvalue weighted by molar-refractivity contribution is -0.359. The largest absolute Gasteiger partial charge is 0.394 e. The van der Waals surface area contributed by atoms with Gasteiger partial charge in [0.25, 0.3) is 0 Å². The van der Waals surface area contributed by atoms with Crippen molar-refractivity contribution in [3.8, 4) is 0 Å². The lowest BCUT2D eigenvalue weighted by atomic mass is 9.97. The Bertz CT molecular complexity index is 671. The molecule has 0 bridgehead atoms. The van der Waals surface area contributed by atoms with Gasteiger partial charge in [0.2, 0.25) is 0 Å². The minimum atomic E-state index is -1.73. The first kappa shape index (κ1) is 38.6. The molecule has 0 spiro atoms. The zero-order valence-corrected chi connectivity index (χ0v) is 25.5. The van der Waals surface area contributed by atoms with E-state index < -0.39 is 74.6 Å². The fourth-order valence-electron chi connectivity index (χ4n) is 4.97. The Balaban J connectivity index is 1.52. The van der Waals surface area contributed by atoms with Crippen molar-refractivity contribution >= 4 is 0 Å². The highest BCUT2D eigenvalue weighted by molar-refractivity contribution is 4.94. The average Bonchev–Trinajstić information content (AvgIpc) is 3.01. The SMILES string of the molecule is CCCCCCCCCCCOCCOCCOCCO[C@@H]1O[C@H](CO)[C@@H](O[C@@H]2O[C@H](CO)[C@H](O)[C@H](O)[C@H]2O)[C@H](O)[C@H]1O. The summed E-state index contributed by atoms with van der Waals surface area (Å²) in [5.74, 6) is 0. The van der Waals surface area contributed by atoms with Crippen molar-refractivity contribution in [3.05, 3.63) is 0 Å². The summed E-state index contributed by atoms with van der Waals surface area (Å²) in [6.45, 7) is 3.58. The molecule has 0 aromatic rings. The van der Waals surface area contributed by atoms with Gasteiger partial charge < -0.3 is 68.9 Å². The Kier molecular flexibility index (Phi) is 20.5. The third-order valence-corrected chi connectivity index (χ3v) is 7.61.